The van der Waals surface area contributed by atoms with Crippen molar-refractivity contribution in [1.82, 2.24) is 9.78 Å². The van der Waals surface area contributed by atoms with E-state index in [4.69, 9.17) is 0 Å². The second kappa shape index (κ2) is 4.05. The molecule has 0 radical (unpaired) electrons. The van der Waals surface area contributed by atoms with Crippen molar-refractivity contribution in [3.8, 4) is 0 Å². The number of non-ortho nitro benzene ring substituents is 1. The van der Waals surface area contributed by atoms with Gasteiger partial charge in [0.1, 0.15) is 10.1 Å². The summed E-state index contributed by atoms with van der Waals surface area (Å²) in [6.45, 7) is 4.18. The molecule has 1 aromatic carbocycles. The number of halogens is 1. The Hall–Kier alpha value is -1.69. The summed E-state index contributed by atoms with van der Waals surface area (Å²) >= 11 is 3.40. The number of hydrogen-bond acceptors (Lipinski definition) is 3. The zero-order valence-corrected chi connectivity index (χ0v) is 9.85. The van der Waals surface area contributed by atoms with Crippen molar-refractivity contribution in [3.05, 3.63) is 45.6 Å². The van der Waals surface area contributed by atoms with Crippen molar-refractivity contribution in [2.75, 3.05) is 0 Å². The molecular weight excluding hydrogens is 274 g/mol. The Morgan fingerprint density at radius 1 is 1.62 bits per heavy atom. The lowest BCUT2D eigenvalue weighted by atomic mass is 10.2. The maximum absolute atomic E-state index is 10.6. The van der Waals surface area contributed by atoms with Crippen LogP contribution in [-0.2, 0) is 6.54 Å². The van der Waals surface area contributed by atoms with Gasteiger partial charge in [-0.15, -0.1) is 6.58 Å². The summed E-state index contributed by atoms with van der Waals surface area (Å²) in [5.41, 5.74) is 0.645. The third-order valence-electron chi connectivity index (χ3n) is 2.17. The van der Waals surface area contributed by atoms with Crippen LogP contribution in [0.4, 0.5) is 5.69 Å². The molecule has 2 aromatic rings. The van der Waals surface area contributed by atoms with E-state index in [2.05, 4.69) is 27.6 Å². The van der Waals surface area contributed by atoms with Crippen LogP contribution in [0.25, 0.3) is 10.9 Å². The monoisotopic (exact) mass is 281 g/mol. The summed E-state index contributed by atoms with van der Waals surface area (Å²) in [5, 5.41) is 15.7. The summed E-state index contributed by atoms with van der Waals surface area (Å²) in [5.74, 6) is 0. The molecular formula is C10H8BrN3O2. The van der Waals surface area contributed by atoms with E-state index in [1.165, 1.54) is 12.1 Å². The van der Waals surface area contributed by atoms with Crippen molar-refractivity contribution >= 4 is 32.5 Å². The Morgan fingerprint density at radius 2 is 2.38 bits per heavy atom. The highest BCUT2D eigenvalue weighted by atomic mass is 79.9. The highest BCUT2D eigenvalue weighted by molar-refractivity contribution is 9.10. The molecule has 0 saturated heterocycles. The van der Waals surface area contributed by atoms with Gasteiger partial charge in [-0.3, -0.25) is 14.8 Å². The van der Waals surface area contributed by atoms with Crippen LogP contribution < -0.4 is 0 Å². The molecule has 0 aliphatic heterocycles. The zero-order valence-electron chi connectivity index (χ0n) is 8.26. The Bertz CT molecular complexity index is 577. The lowest BCUT2D eigenvalue weighted by Crippen LogP contribution is -1.96. The van der Waals surface area contributed by atoms with E-state index in [1.54, 1.807) is 16.8 Å². The van der Waals surface area contributed by atoms with E-state index in [1.807, 2.05) is 0 Å². The molecule has 6 heteroatoms. The number of nitro groups is 1. The van der Waals surface area contributed by atoms with Crippen LogP contribution in [0, 0.1) is 10.1 Å². The molecule has 0 atom stereocenters. The predicted molar refractivity (Wildman–Crippen MR) is 64.3 cm³/mol. The van der Waals surface area contributed by atoms with Crippen molar-refractivity contribution in [1.29, 1.82) is 0 Å². The SMILES string of the molecule is C=CCn1nc2cc([N+](=O)[O-])ccc2c1Br. The molecule has 2 rings (SSSR count). The highest BCUT2D eigenvalue weighted by Crippen LogP contribution is 2.26. The number of nitro benzene ring substituents is 1. The van der Waals surface area contributed by atoms with Gasteiger partial charge in [-0.2, -0.15) is 5.10 Å². The Morgan fingerprint density at radius 3 is 3.00 bits per heavy atom. The fourth-order valence-corrected chi connectivity index (χ4v) is 2.01. The van der Waals surface area contributed by atoms with Crippen molar-refractivity contribution < 1.29 is 4.92 Å². The van der Waals surface area contributed by atoms with E-state index >= 15 is 0 Å². The van der Waals surface area contributed by atoms with Crippen LogP contribution in [-0.4, -0.2) is 14.7 Å². The third kappa shape index (κ3) is 1.71. The summed E-state index contributed by atoms with van der Waals surface area (Å²) in [6.07, 6.45) is 1.71. The second-order valence-corrected chi connectivity index (χ2v) is 3.97. The van der Waals surface area contributed by atoms with Gasteiger partial charge in [-0.05, 0) is 22.0 Å². The van der Waals surface area contributed by atoms with Gasteiger partial charge in [0.2, 0.25) is 0 Å². The quantitative estimate of drug-likeness (QED) is 0.494. The van der Waals surface area contributed by atoms with E-state index in [-0.39, 0.29) is 5.69 Å². The number of nitrogens with zero attached hydrogens (tertiary/aromatic N) is 3. The molecule has 16 heavy (non-hydrogen) atoms. The van der Waals surface area contributed by atoms with Crippen LogP contribution in [0.1, 0.15) is 0 Å². The zero-order chi connectivity index (χ0) is 11.7. The lowest BCUT2D eigenvalue weighted by molar-refractivity contribution is -0.384. The lowest BCUT2D eigenvalue weighted by Gasteiger charge is -1.95. The Labute approximate surface area is 99.6 Å². The average Bonchev–Trinajstić information content (AvgIpc) is 2.56. The Kier molecular flexibility index (Phi) is 2.74. The van der Waals surface area contributed by atoms with Crippen LogP contribution >= 0.6 is 15.9 Å². The summed E-state index contributed by atoms with van der Waals surface area (Å²) in [4.78, 5) is 10.2. The first kappa shape index (κ1) is 10.8. The van der Waals surface area contributed by atoms with Gasteiger partial charge in [0.15, 0.2) is 0 Å². The van der Waals surface area contributed by atoms with Gasteiger partial charge in [0, 0.05) is 17.5 Å². The fraction of sp³-hybridized carbons (Fsp3) is 0.100. The van der Waals surface area contributed by atoms with Crippen molar-refractivity contribution in [3.63, 3.8) is 0 Å². The molecule has 0 fully saturated rings. The van der Waals surface area contributed by atoms with Gasteiger partial charge in [-0.1, -0.05) is 6.08 Å². The highest BCUT2D eigenvalue weighted by Gasteiger charge is 2.12. The van der Waals surface area contributed by atoms with Gasteiger partial charge in [0.25, 0.3) is 5.69 Å². The average molecular weight is 282 g/mol. The largest absolute Gasteiger partial charge is 0.271 e. The van der Waals surface area contributed by atoms with Gasteiger partial charge >= 0.3 is 0 Å². The van der Waals surface area contributed by atoms with Gasteiger partial charge < -0.3 is 0 Å². The summed E-state index contributed by atoms with van der Waals surface area (Å²) in [7, 11) is 0. The molecule has 0 aliphatic rings. The molecule has 5 nitrogen and oxygen atoms in total. The van der Waals surface area contributed by atoms with Crippen molar-refractivity contribution in [2.24, 2.45) is 0 Å². The van der Waals surface area contributed by atoms with Crippen molar-refractivity contribution in [2.45, 2.75) is 6.54 Å². The molecule has 0 N–H and O–H groups in total. The van der Waals surface area contributed by atoms with Crippen LogP contribution in [0.15, 0.2) is 35.5 Å². The van der Waals surface area contributed by atoms with E-state index in [0.717, 1.165) is 9.99 Å². The Balaban J connectivity index is 2.62. The number of benzene rings is 1. The number of aromatic nitrogens is 2. The molecule has 0 spiro atoms. The van der Waals surface area contributed by atoms with Crippen LogP contribution in [0.3, 0.4) is 0 Å². The smallest absolute Gasteiger partial charge is 0.258 e. The first-order valence-corrected chi connectivity index (χ1v) is 5.34. The minimum Gasteiger partial charge on any atom is -0.258 e. The predicted octanol–water partition coefficient (Wildman–Crippen LogP) is 2.89. The number of hydrogen-bond donors (Lipinski definition) is 0. The van der Waals surface area contributed by atoms with Crippen LogP contribution in [0.2, 0.25) is 0 Å². The minimum atomic E-state index is -0.431. The molecule has 0 bridgehead atoms. The standard InChI is InChI=1S/C10H8BrN3O2/c1-2-5-13-10(11)8-4-3-7(14(15)16)6-9(8)12-13/h2-4,6H,1,5H2. The molecule has 1 heterocycles. The maximum atomic E-state index is 10.6. The minimum absolute atomic E-state index is 0.0447. The van der Waals surface area contributed by atoms with E-state index in [0.29, 0.717) is 12.1 Å². The number of fused-ring (bicyclic) bond motifs is 1. The number of allylic oxidation sites excluding steroid dienone is 1. The first-order chi connectivity index (χ1) is 7.63. The van der Waals surface area contributed by atoms with E-state index in [9.17, 15) is 10.1 Å². The third-order valence-corrected chi connectivity index (χ3v) is 3.01. The van der Waals surface area contributed by atoms with E-state index < -0.39 is 4.92 Å². The summed E-state index contributed by atoms with van der Waals surface area (Å²) < 4.78 is 2.50. The molecule has 0 saturated carbocycles. The fourth-order valence-electron chi connectivity index (χ4n) is 1.45. The molecule has 0 aliphatic carbocycles. The maximum Gasteiger partial charge on any atom is 0.271 e. The van der Waals surface area contributed by atoms with Crippen LogP contribution in [0.5, 0.6) is 0 Å². The molecule has 0 unspecified atom stereocenters. The van der Waals surface area contributed by atoms with Gasteiger partial charge in [0.05, 0.1) is 11.5 Å². The molecule has 82 valence electrons. The second-order valence-electron chi connectivity index (χ2n) is 3.22. The topological polar surface area (TPSA) is 61.0 Å². The molecule has 1 aromatic heterocycles. The number of rotatable bonds is 3. The summed E-state index contributed by atoms with van der Waals surface area (Å²) in [6, 6.07) is 4.61. The first-order valence-electron chi connectivity index (χ1n) is 4.55. The van der Waals surface area contributed by atoms with Gasteiger partial charge in [-0.25, -0.2) is 0 Å². The normalized spacial score (nSPS) is 10.6. The molecule has 0 amide bonds.